The van der Waals surface area contributed by atoms with E-state index in [0.29, 0.717) is 12.1 Å². The first kappa shape index (κ1) is 19.1. The molecular formula is C21H22BrNO2. The van der Waals surface area contributed by atoms with Crippen molar-refractivity contribution < 1.29 is 9.53 Å². The van der Waals surface area contributed by atoms with E-state index < -0.39 is 0 Å². The van der Waals surface area contributed by atoms with E-state index in [1.165, 1.54) is 5.56 Å². The summed E-state index contributed by atoms with van der Waals surface area (Å²) in [6.07, 6.45) is 0. The predicted molar refractivity (Wildman–Crippen MR) is 105 cm³/mol. The summed E-state index contributed by atoms with van der Waals surface area (Å²) in [6, 6.07) is 15.3. The summed E-state index contributed by atoms with van der Waals surface area (Å²) < 4.78 is 6.47. The number of nitrogens with one attached hydrogen (secondary N) is 1. The zero-order valence-corrected chi connectivity index (χ0v) is 16.3. The lowest BCUT2D eigenvalue weighted by Gasteiger charge is -2.18. The Bertz CT molecular complexity index is 780. The van der Waals surface area contributed by atoms with Crippen molar-refractivity contribution >= 4 is 21.8 Å². The second kappa shape index (κ2) is 8.73. The van der Waals surface area contributed by atoms with Crippen LogP contribution >= 0.6 is 15.9 Å². The third-order valence-corrected chi connectivity index (χ3v) is 4.08. The van der Waals surface area contributed by atoms with Crippen LogP contribution in [-0.2, 0) is 5.41 Å². The van der Waals surface area contributed by atoms with Crippen molar-refractivity contribution in [2.24, 2.45) is 0 Å². The highest BCUT2D eigenvalue weighted by Crippen LogP contribution is 2.22. The van der Waals surface area contributed by atoms with Gasteiger partial charge in [-0.1, -0.05) is 66.7 Å². The van der Waals surface area contributed by atoms with Gasteiger partial charge in [0.2, 0.25) is 0 Å². The van der Waals surface area contributed by atoms with Crippen LogP contribution in [0, 0.1) is 11.8 Å². The standard InChI is InChI=1S/C21H22BrNO2/c1-21(2,3)17-11-9-16(10-12-17)20(24)23-13-4-5-14-25-19-8-6-7-18(22)15-19/h6-12,15H,13-14H2,1-3H3,(H,23,24). The van der Waals surface area contributed by atoms with Gasteiger partial charge in [0.25, 0.3) is 5.91 Å². The maximum Gasteiger partial charge on any atom is 0.252 e. The second-order valence-electron chi connectivity index (χ2n) is 6.61. The van der Waals surface area contributed by atoms with E-state index in [1.54, 1.807) is 0 Å². The van der Waals surface area contributed by atoms with Gasteiger partial charge in [-0.05, 0) is 41.3 Å². The maximum absolute atomic E-state index is 12.1. The highest BCUT2D eigenvalue weighted by molar-refractivity contribution is 9.10. The number of carbonyl (C=O) groups excluding carboxylic acids is 1. The molecule has 0 aliphatic heterocycles. The fourth-order valence-corrected chi connectivity index (χ4v) is 2.52. The molecular weight excluding hydrogens is 378 g/mol. The molecule has 0 atom stereocenters. The molecule has 0 unspecified atom stereocenters. The minimum atomic E-state index is -0.123. The van der Waals surface area contributed by atoms with E-state index in [2.05, 4.69) is 53.9 Å². The lowest BCUT2D eigenvalue weighted by atomic mass is 9.87. The van der Waals surface area contributed by atoms with Crippen molar-refractivity contribution in [3.8, 4) is 17.6 Å². The molecule has 0 spiro atoms. The average molecular weight is 400 g/mol. The van der Waals surface area contributed by atoms with Crippen LogP contribution in [0.15, 0.2) is 53.0 Å². The molecule has 0 saturated heterocycles. The molecule has 4 heteroatoms. The van der Waals surface area contributed by atoms with Crippen LogP contribution in [0.2, 0.25) is 0 Å². The van der Waals surface area contributed by atoms with Crippen molar-refractivity contribution in [2.45, 2.75) is 26.2 Å². The predicted octanol–water partition coefficient (Wildman–Crippen LogP) is 4.56. The topological polar surface area (TPSA) is 38.3 Å². The van der Waals surface area contributed by atoms with Gasteiger partial charge in [0.15, 0.2) is 0 Å². The van der Waals surface area contributed by atoms with Crippen molar-refractivity contribution in [1.82, 2.24) is 5.32 Å². The summed E-state index contributed by atoms with van der Waals surface area (Å²) in [5.41, 5.74) is 1.92. The molecule has 0 fully saturated rings. The molecule has 0 aromatic heterocycles. The summed E-state index contributed by atoms with van der Waals surface area (Å²) >= 11 is 3.39. The monoisotopic (exact) mass is 399 g/mol. The molecule has 2 aromatic rings. The second-order valence-corrected chi connectivity index (χ2v) is 7.53. The van der Waals surface area contributed by atoms with Gasteiger partial charge in [-0.3, -0.25) is 4.79 Å². The number of hydrogen-bond donors (Lipinski definition) is 1. The van der Waals surface area contributed by atoms with E-state index in [4.69, 9.17) is 4.74 Å². The number of halogens is 1. The van der Waals surface area contributed by atoms with E-state index >= 15 is 0 Å². The first-order valence-corrected chi connectivity index (χ1v) is 8.88. The molecule has 1 N–H and O–H groups in total. The number of hydrogen-bond acceptors (Lipinski definition) is 2. The molecule has 0 heterocycles. The average Bonchev–Trinajstić information content (AvgIpc) is 2.57. The molecule has 0 bridgehead atoms. The Hall–Kier alpha value is -2.25. The Balaban J connectivity index is 1.77. The first-order valence-electron chi connectivity index (χ1n) is 8.09. The lowest BCUT2D eigenvalue weighted by Crippen LogP contribution is -2.23. The maximum atomic E-state index is 12.1. The van der Waals surface area contributed by atoms with Crippen molar-refractivity contribution in [3.05, 3.63) is 64.1 Å². The Morgan fingerprint density at radius 2 is 1.84 bits per heavy atom. The van der Waals surface area contributed by atoms with Crippen LogP contribution in [0.25, 0.3) is 0 Å². The van der Waals surface area contributed by atoms with E-state index in [-0.39, 0.29) is 17.9 Å². The van der Waals surface area contributed by atoms with E-state index in [9.17, 15) is 4.79 Å². The number of carbonyl (C=O) groups is 1. The third-order valence-electron chi connectivity index (χ3n) is 3.58. The fourth-order valence-electron chi connectivity index (χ4n) is 2.14. The Morgan fingerprint density at radius 1 is 1.12 bits per heavy atom. The molecule has 0 aliphatic rings. The molecule has 3 nitrogen and oxygen atoms in total. The van der Waals surface area contributed by atoms with Crippen LogP contribution in [-0.4, -0.2) is 19.1 Å². The SMILES string of the molecule is CC(C)(C)c1ccc(C(=O)NCC#CCOc2cccc(Br)c2)cc1. The van der Waals surface area contributed by atoms with Gasteiger partial charge in [-0.25, -0.2) is 0 Å². The first-order chi connectivity index (χ1) is 11.9. The minimum absolute atomic E-state index is 0.0782. The summed E-state index contributed by atoms with van der Waals surface area (Å²) in [7, 11) is 0. The summed E-state index contributed by atoms with van der Waals surface area (Å²) in [4.78, 5) is 12.1. The molecule has 0 saturated carbocycles. The summed E-state index contributed by atoms with van der Waals surface area (Å²) in [6.45, 7) is 7.02. The summed E-state index contributed by atoms with van der Waals surface area (Å²) in [5.74, 6) is 6.41. The Kier molecular flexibility index (Phi) is 6.66. The van der Waals surface area contributed by atoms with Crippen LogP contribution in [0.1, 0.15) is 36.7 Å². The van der Waals surface area contributed by atoms with Crippen LogP contribution in [0.3, 0.4) is 0 Å². The van der Waals surface area contributed by atoms with Gasteiger partial charge < -0.3 is 10.1 Å². The van der Waals surface area contributed by atoms with Gasteiger partial charge in [0, 0.05) is 10.0 Å². The van der Waals surface area contributed by atoms with Gasteiger partial charge >= 0.3 is 0 Å². The Labute approximate surface area is 157 Å². The molecule has 130 valence electrons. The van der Waals surface area contributed by atoms with E-state index in [1.807, 2.05) is 48.5 Å². The zero-order chi connectivity index (χ0) is 18.3. The fraction of sp³-hybridized carbons (Fsp3) is 0.286. The number of rotatable bonds is 4. The molecule has 25 heavy (non-hydrogen) atoms. The van der Waals surface area contributed by atoms with Crippen LogP contribution < -0.4 is 10.1 Å². The molecule has 2 rings (SSSR count). The minimum Gasteiger partial charge on any atom is -0.481 e. The largest absolute Gasteiger partial charge is 0.481 e. The Morgan fingerprint density at radius 3 is 2.48 bits per heavy atom. The number of amides is 1. The number of ether oxygens (including phenoxy) is 1. The summed E-state index contributed by atoms with van der Waals surface area (Å²) in [5, 5.41) is 2.79. The third kappa shape index (κ3) is 6.28. The molecule has 0 radical (unpaired) electrons. The molecule has 2 aromatic carbocycles. The highest BCUT2D eigenvalue weighted by atomic mass is 79.9. The van der Waals surface area contributed by atoms with Gasteiger partial charge in [0.1, 0.15) is 12.4 Å². The number of benzene rings is 2. The molecule has 0 aliphatic carbocycles. The lowest BCUT2D eigenvalue weighted by molar-refractivity contribution is 0.0958. The van der Waals surface area contributed by atoms with E-state index in [0.717, 1.165) is 10.2 Å². The van der Waals surface area contributed by atoms with Gasteiger partial charge in [0.05, 0.1) is 6.54 Å². The molecule has 1 amide bonds. The van der Waals surface area contributed by atoms with Gasteiger partial charge in [-0.2, -0.15) is 0 Å². The van der Waals surface area contributed by atoms with Crippen molar-refractivity contribution in [1.29, 1.82) is 0 Å². The van der Waals surface area contributed by atoms with Crippen LogP contribution in [0.5, 0.6) is 5.75 Å². The quantitative estimate of drug-likeness (QED) is 0.765. The normalized spacial score (nSPS) is 10.6. The zero-order valence-electron chi connectivity index (χ0n) is 14.7. The highest BCUT2D eigenvalue weighted by Gasteiger charge is 2.13. The van der Waals surface area contributed by atoms with Crippen molar-refractivity contribution in [3.63, 3.8) is 0 Å². The van der Waals surface area contributed by atoms with Gasteiger partial charge in [-0.15, -0.1) is 0 Å². The smallest absolute Gasteiger partial charge is 0.252 e. The van der Waals surface area contributed by atoms with Crippen molar-refractivity contribution in [2.75, 3.05) is 13.2 Å². The van der Waals surface area contributed by atoms with Crippen LogP contribution in [0.4, 0.5) is 0 Å².